The molecule has 1 saturated heterocycles. The molecule has 0 bridgehead atoms. The van der Waals surface area contributed by atoms with Crippen molar-refractivity contribution >= 4 is 5.97 Å². The van der Waals surface area contributed by atoms with Gasteiger partial charge in [-0.25, -0.2) is 4.79 Å². The highest BCUT2D eigenvalue weighted by Gasteiger charge is 2.49. The summed E-state index contributed by atoms with van der Waals surface area (Å²) in [6, 6.07) is 0. The van der Waals surface area contributed by atoms with Gasteiger partial charge in [0.25, 0.3) is 0 Å². The van der Waals surface area contributed by atoms with Crippen LogP contribution in [0.25, 0.3) is 0 Å². The molecule has 2 rings (SSSR count). The average Bonchev–Trinajstić information content (AvgIpc) is 3.15. The Labute approximate surface area is 108 Å². The van der Waals surface area contributed by atoms with Crippen molar-refractivity contribution in [2.75, 3.05) is 6.61 Å². The molecule has 0 radical (unpaired) electrons. The molecule has 0 aromatic rings. The Hall–Kier alpha value is -0.870. The lowest BCUT2D eigenvalue weighted by molar-refractivity contribution is -0.138. The van der Waals surface area contributed by atoms with Gasteiger partial charge in [0, 0.05) is 12.0 Å². The van der Waals surface area contributed by atoms with Crippen molar-refractivity contribution in [3.63, 3.8) is 0 Å². The van der Waals surface area contributed by atoms with Gasteiger partial charge in [0.15, 0.2) is 0 Å². The second-order valence-electron chi connectivity index (χ2n) is 4.79. The Morgan fingerprint density at radius 1 is 1.44 bits per heavy atom. The molecular weight excluding hydrogens is 232 g/mol. The summed E-state index contributed by atoms with van der Waals surface area (Å²) in [4.78, 5) is 11.7. The lowest BCUT2D eigenvalue weighted by Crippen LogP contribution is -2.30. The van der Waals surface area contributed by atoms with Gasteiger partial charge >= 0.3 is 5.97 Å². The van der Waals surface area contributed by atoms with E-state index in [1.165, 1.54) is 0 Å². The van der Waals surface area contributed by atoms with Gasteiger partial charge in [-0.05, 0) is 25.8 Å². The van der Waals surface area contributed by atoms with E-state index in [0.717, 1.165) is 12.8 Å². The minimum atomic E-state index is -0.232. The van der Waals surface area contributed by atoms with Gasteiger partial charge in [-0.3, -0.25) is 0 Å². The van der Waals surface area contributed by atoms with E-state index in [9.17, 15) is 4.79 Å². The van der Waals surface area contributed by atoms with Gasteiger partial charge in [0.2, 0.25) is 0 Å². The Kier molecular flexibility index (Phi) is 4.40. The Morgan fingerprint density at radius 3 is 2.78 bits per heavy atom. The van der Waals surface area contributed by atoms with Crippen molar-refractivity contribution in [1.82, 2.24) is 0 Å². The molecule has 0 amide bonds. The maximum Gasteiger partial charge on any atom is 0.333 e. The van der Waals surface area contributed by atoms with Gasteiger partial charge in [-0.15, -0.1) is 0 Å². The van der Waals surface area contributed by atoms with Gasteiger partial charge in [-0.1, -0.05) is 13.8 Å². The zero-order chi connectivity index (χ0) is 13.1. The highest BCUT2D eigenvalue weighted by Crippen LogP contribution is 2.38. The molecule has 2 aliphatic rings. The van der Waals surface area contributed by atoms with Crippen molar-refractivity contribution in [2.45, 2.75) is 64.4 Å². The Morgan fingerprint density at radius 2 is 2.17 bits per heavy atom. The molecule has 0 N–H and O–H groups in total. The predicted octanol–water partition coefficient (Wildman–Crippen LogP) is 2.22. The van der Waals surface area contributed by atoms with E-state index in [0.29, 0.717) is 18.6 Å². The van der Waals surface area contributed by atoms with Crippen LogP contribution >= 0.6 is 0 Å². The number of hydrogen-bond acceptors (Lipinski definition) is 4. The van der Waals surface area contributed by atoms with Crippen LogP contribution in [-0.2, 0) is 19.0 Å². The first-order valence-electron chi connectivity index (χ1n) is 6.88. The fourth-order valence-corrected chi connectivity index (χ4v) is 2.38. The first-order chi connectivity index (χ1) is 8.69. The lowest BCUT2D eigenvalue weighted by atomic mass is 9.97. The monoisotopic (exact) mass is 254 g/mol. The summed E-state index contributed by atoms with van der Waals surface area (Å²) in [6.45, 7) is 6.44. The number of epoxide rings is 1. The summed E-state index contributed by atoms with van der Waals surface area (Å²) in [5.74, 6) is -0.232. The van der Waals surface area contributed by atoms with E-state index in [4.69, 9.17) is 14.2 Å². The van der Waals surface area contributed by atoms with Crippen molar-refractivity contribution < 1.29 is 19.0 Å². The fraction of sp³-hybridized carbons (Fsp3) is 0.786. The molecule has 18 heavy (non-hydrogen) atoms. The van der Waals surface area contributed by atoms with Crippen LogP contribution in [0.4, 0.5) is 0 Å². The van der Waals surface area contributed by atoms with Crippen molar-refractivity contribution in [3.8, 4) is 0 Å². The van der Waals surface area contributed by atoms with Crippen molar-refractivity contribution in [2.24, 2.45) is 0 Å². The smallest absolute Gasteiger partial charge is 0.333 e. The van der Waals surface area contributed by atoms with E-state index in [-0.39, 0.29) is 30.4 Å². The molecule has 4 nitrogen and oxygen atoms in total. The van der Waals surface area contributed by atoms with E-state index in [1.807, 2.05) is 13.0 Å². The molecule has 0 unspecified atom stereocenters. The highest BCUT2D eigenvalue weighted by molar-refractivity contribution is 5.89. The number of ether oxygens (including phenoxy) is 3. The molecule has 3 atom stereocenters. The minimum absolute atomic E-state index is 0.0898. The average molecular weight is 254 g/mol. The normalized spacial score (nSPS) is 29.8. The quantitative estimate of drug-likeness (QED) is 0.538. The van der Waals surface area contributed by atoms with Crippen LogP contribution < -0.4 is 0 Å². The first kappa shape index (κ1) is 13.6. The van der Waals surface area contributed by atoms with Crippen LogP contribution in [0, 0.1) is 0 Å². The van der Waals surface area contributed by atoms with Crippen LogP contribution in [0.3, 0.4) is 0 Å². The third kappa shape index (κ3) is 2.93. The molecule has 1 aliphatic carbocycles. The molecular formula is C14H22O4. The summed E-state index contributed by atoms with van der Waals surface area (Å²) >= 11 is 0. The molecule has 4 heteroatoms. The number of hydrogen-bond donors (Lipinski definition) is 0. The molecule has 1 heterocycles. The SMILES string of the molecule is CCOC(=O)C1=C[C@@H](OC(CC)CC)[C@H]2O[C@H]2C1. The topological polar surface area (TPSA) is 48.1 Å². The molecule has 102 valence electrons. The highest BCUT2D eigenvalue weighted by atomic mass is 16.6. The Balaban J connectivity index is 2.00. The fourth-order valence-electron chi connectivity index (χ4n) is 2.38. The first-order valence-corrected chi connectivity index (χ1v) is 6.88. The van der Waals surface area contributed by atoms with Gasteiger partial charge in [0.05, 0.1) is 18.8 Å². The van der Waals surface area contributed by atoms with E-state index < -0.39 is 0 Å². The summed E-state index contributed by atoms with van der Waals surface area (Å²) in [5.41, 5.74) is 0.701. The van der Waals surface area contributed by atoms with E-state index in [1.54, 1.807) is 0 Å². The number of carbonyl (C=O) groups is 1. The van der Waals surface area contributed by atoms with Crippen LogP contribution in [0.15, 0.2) is 11.6 Å². The van der Waals surface area contributed by atoms with Crippen LogP contribution in [0.5, 0.6) is 0 Å². The summed E-state index contributed by atoms with van der Waals surface area (Å²) < 4.78 is 16.6. The largest absolute Gasteiger partial charge is 0.463 e. The third-order valence-electron chi connectivity index (χ3n) is 3.53. The third-order valence-corrected chi connectivity index (χ3v) is 3.53. The van der Waals surface area contributed by atoms with E-state index in [2.05, 4.69) is 13.8 Å². The Bertz CT molecular complexity index is 333. The summed E-state index contributed by atoms with van der Waals surface area (Å²) in [5, 5.41) is 0. The lowest BCUT2D eigenvalue weighted by Gasteiger charge is -2.22. The van der Waals surface area contributed by atoms with Crippen molar-refractivity contribution in [1.29, 1.82) is 0 Å². The van der Waals surface area contributed by atoms with Gasteiger partial charge in [-0.2, -0.15) is 0 Å². The maximum absolute atomic E-state index is 11.7. The van der Waals surface area contributed by atoms with Crippen molar-refractivity contribution in [3.05, 3.63) is 11.6 Å². The predicted molar refractivity (Wildman–Crippen MR) is 67.2 cm³/mol. The second kappa shape index (κ2) is 5.85. The van der Waals surface area contributed by atoms with Crippen LogP contribution in [0.1, 0.15) is 40.0 Å². The zero-order valence-corrected chi connectivity index (χ0v) is 11.3. The number of carbonyl (C=O) groups excluding carboxylic acids is 1. The van der Waals surface area contributed by atoms with E-state index >= 15 is 0 Å². The standard InChI is InChI=1S/C14H22O4/c1-4-10(5-2)17-11-7-9(14(15)16-6-3)8-12-13(11)18-12/h7,10-13H,4-6,8H2,1-3H3/t11-,12+,13-/m1/s1. The number of fused-ring (bicyclic) bond motifs is 1. The molecule has 0 spiro atoms. The van der Waals surface area contributed by atoms with Gasteiger partial charge in [0.1, 0.15) is 12.2 Å². The summed E-state index contributed by atoms with van der Waals surface area (Å²) in [7, 11) is 0. The number of esters is 1. The molecule has 0 aromatic carbocycles. The maximum atomic E-state index is 11.7. The van der Waals surface area contributed by atoms with Gasteiger partial charge < -0.3 is 14.2 Å². The van der Waals surface area contributed by atoms with Crippen LogP contribution in [-0.4, -0.2) is 37.0 Å². The number of rotatable bonds is 6. The minimum Gasteiger partial charge on any atom is -0.463 e. The molecule has 0 saturated carbocycles. The molecule has 1 aliphatic heterocycles. The molecule has 0 aromatic heterocycles. The second-order valence-corrected chi connectivity index (χ2v) is 4.79. The van der Waals surface area contributed by atoms with Crippen LogP contribution in [0.2, 0.25) is 0 Å². The zero-order valence-electron chi connectivity index (χ0n) is 11.3. The summed E-state index contributed by atoms with van der Waals surface area (Å²) in [6.07, 6.45) is 4.94. The molecule has 1 fully saturated rings.